The predicted molar refractivity (Wildman–Crippen MR) is 73.6 cm³/mol. The molecule has 0 unspecified atom stereocenters. The molecule has 8 heteroatoms. The Morgan fingerprint density at radius 2 is 2.17 bits per heavy atom. The Kier molecular flexibility index (Phi) is 9.76. The van der Waals surface area contributed by atoms with Crippen LogP contribution in [0, 0.1) is 0 Å². The molecule has 1 amide bonds. The molecule has 0 aliphatic carbocycles. The second-order valence-electron chi connectivity index (χ2n) is 3.40. The lowest BCUT2D eigenvalue weighted by Crippen LogP contribution is -2.33. The minimum atomic E-state index is -0.0922. The van der Waals surface area contributed by atoms with Crippen LogP contribution < -0.4 is 10.6 Å². The van der Waals surface area contributed by atoms with E-state index in [1.54, 1.807) is 7.11 Å². The molecule has 0 radical (unpaired) electrons. The van der Waals surface area contributed by atoms with Crippen molar-refractivity contribution in [3.8, 4) is 0 Å². The van der Waals surface area contributed by atoms with E-state index in [1.165, 1.54) is 0 Å². The largest absolute Gasteiger partial charge is 0.383 e. The van der Waals surface area contributed by atoms with Crippen molar-refractivity contribution in [2.75, 3.05) is 33.4 Å². The smallest absolute Gasteiger partial charge is 0.264 e. The van der Waals surface area contributed by atoms with E-state index < -0.39 is 0 Å². The Hall–Kier alpha value is -0.760. The third-order valence-electron chi connectivity index (χ3n) is 2.17. The number of ether oxygens (including phenoxy) is 1. The fourth-order valence-corrected chi connectivity index (χ4v) is 1.92. The fraction of sp³-hybridized carbons (Fsp3) is 0.700. The number of methoxy groups -OCH3 is 1. The molecule has 18 heavy (non-hydrogen) atoms. The van der Waals surface area contributed by atoms with E-state index in [2.05, 4.69) is 20.2 Å². The first-order chi connectivity index (χ1) is 8.29. The first-order valence-corrected chi connectivity index (χ1v) is 6.36. The van der Waals surface area contributed by atoms with Crippen LogP contribution in [-0.2, 0) is 11.2 Å². The van der Waals surface area contributed by atoms with E-state index in [9.17, 15) is 4.79 Å². The Bertz CT molecular complexity index is 348. The number of aromatic nitrogens is 2. The number of aryl methyl sites for hydroxylation is 1. The Balaban J connectivity index is 0.00000289. The number of hydrogen-bond donors (Lipinski definition) is 2. The second-order valence-corrected chi connectivity index (χ2v) is 4.16. The van der Waals surface area contributed by atoms with Crippen molar-refractivity contribution in [3.05, 3.63) is 10.6 Å². The average Bonchev–Trinajstić information content (AvgIpc) is 2.81. The molecule has 0 aliphatic heterocycles. The summed E-state index contributed by atoms with van der Waals surface area (Å²) >= 11 is 1.14. The summed E-state index contributed by atoms with van der Waals surface area (Å²) in [4.78, 5) is 12.4. The molecule has 6 nitrogen and oxygen atoms in total. The maximum absolute atomic E-state index is 11.7. The lowest BCUT2D eigenvalue weighted by Gasteiger charge is -2.05. The van der Waals surface area contributed by atoms with Gasteiger partial charge in [0.1, 0.15) is 4.88 Å². The molecule has 2 N–H and O–H groups in total. The van der Waals surface area contributed by atoms with Gasteiger partial charge in [-0.3, -0.25) is 4.79 Å². The maximum Gasteiger partial charge on any atom is 0.264 e. The predicted octanol–water partition coefficient (Wildman–Crippen LogP) is 0.488. The van der Waals surface area contributed by atoms with E-state index in [0.29, 0.717) is 18.0 Å². The van der Waals surface area contributed by atoms with Crippen LogP contribution in [0.1, 0.15) is 22.3 Å². The highest BCUT2D eigenvalue weighted by molar-refractivity contribution is 7.08. The van der Waals surface area contributed by atoms with Crippen LogP contribution in [0.4, 0.5) is 0 Å². The molecule has 0 spiro atoms. The molecule has 0 bridgehead atoms. The summed E-state index contributed by atoms with van der Waals surface area (Å²) in [5.74, 6) is -0.0922. The van der Waals surface area contributed by atoms with Gasteiger partial charge in [0.2, 0.25) is 0 Å². The summed E-state index contributed by atoms with van der Waals surface area (Å²) in [5.41, 5.74) is 0.764. The van der Waals surface area contributed by atoms with Gasteiger partial charge in [-0.2, -0.15) is 0 Å². The number of nitrogens with zero attached hydrogens (tertiary/aromatic N) is 2. The molecule has 0 atom stereocenters. The van der Waals surface area contributed by atoms with E-state index in [-0.39, 0.29) is 18.3 Å². The van der Waals surface area contributed by atoms with Gasteiger partial charge in [0.05, 0.1) is 12.3 Å². The quantitative estimate of drug-likeness (QED) is 0.683. The van der Waals surface area contributed by atoms with Gasteiger partial charge in [-0.05, 0) is 18.0 Å². The standard InChI is InChI=1S/C10H18N4O2S.ClH/c1-3-8-9(17-14-13-8)10(15)12-5-4-11-6-7-16-2;/h11H,3-7H2,1-2H3,(H,12,15);1H. The van der Waals surface area contributed by atoms with Crippen molar-refractivity contribution < 1.29 is 9.53 Å². The van der Waals surface area contributed by atoms with Gasteiger partial charge in [-0.15, -0.1) is 17.5 Å². The van der Waals surface area contributed by atoms with Crippen LogP contribution in [0.3, 0.4) is 0 Å². The van der Waals surface area contributed by atoms with Gasteiger partial charge >= 0.3 is 0 Å². The molecular weight excluding hydrogens is 276 g/mol. The lowest BCUT2D eigenvalue weighted by molar-refractivity contribution is 0.0956. The third kappa shape index (κ3) is 5.72. The van der Waals surface area contributed by atoms with Crippen LogP contribution in [0.5, 0.6) is 0 Å². The number of hydrogen-bond acceptors (Lipinski definition) is 6. The zero-order valence-corrected chi connectivity index (χ0v) is 12.2. The molecule has 0 fully saturated rings. The second kappa shape index (κ2) is 10.2. The molecule has 0 saturated heterocycles. The Morgan fingerprint density at radius 1 is 1.39 bits per heavy atom. The highest BCUT2D eigenvalue weighted by Crippen LogP contribution is 2.10. The average molecular weight is 295 g/mol. The lowest BCUT2D eigenvalue weighted by atomic mass is 10.3. The zero-order chi connectivity index (χ0) is 12.5. The summed E-state index contributed by atoms with van der Waals surface area (Å²) in [6, 6.07) is 0. The number of nitrogens with one attached hydrogen (secondary N) is 2. The topological polar surface area (TPSA) is 76.1 Å². The number of amides is 1. The first-order valence-electron chi connectivity index (χ1n) is 5.58. The number of rotatable bonds is 8. The van der Waals surface area contributed by atoms with Crippen molar-refractivity contribution in [1.29, 1.82) is 0 Å². The van der Waals surface area contributed by atoms with Crippen LogP contribution in [0.15, 0.2) is 0 Å². The molecule has 1 aromatic rings. The van der Waals surface area contributed by atoms with Crippen LogP contribution in [-0.4, -0.2) is 48.8 Å². The molecule has 1 rings (SSSR count). The monoisotopic (exact) mass is 294 g/mol. The summed E-state index contributed by atoms with van der Waals surface area (Å²) in [6.07, 6.45) is 0.728. The number of carbonyl (C=O) groups excluding carboxylic acids is 1. The summed E-state index contributed by atoms with van der Waals surface area (Å²) in [5, 5.41) is 9.87. The number of halogens is 1. The fourth-order valence-electron chi connectivity index (χ4n) is 1.26. The highest BCUT2D eigenvalue weighted by Gasteiger charge is 2.13. The van der Waals surface area contributed by atoms with Crippen LogP contribution in [0.2, 0.25) is 0 Å². The minimum Gasteiger partial charge on any atom is -0.383 e. The van der Waals surface area contributed by atoms with Crippen molar-refractivity contribution in [2.45, 2.75) is 13.3 Å². The Labute approximate surface area is 117 Å². The van der Waals surface area contributed by atoms with Crippen molar-refractivity contribution in [1.82, 2.24) is 20.2 Å². The summed E-state index contributed by atoms with van der Waals surface area (Å²) in [7, 11) is 1.66. The van der Waals surface area contributed by atoms with Gasteiger partial charge in [-0.1, -0.05) is 11.4 Å². The van der Waals surface area contributed by atoms with Gasteiger partial charge in [0.15, 0.2) is 0 Å². The van der Waals surface area contributed by atoms with E-state index >= 15 is 0 Å². The van der Waals surface area contributed by atoms with E-state index in [4.69, 9.17) is 4.74 Å². The Morgan fingerprint density at radius 3 is 2.83 bits per heavy atom. The first kappa shape index (κ1) is 17.2. The van der Waals surface area contributed by atoms with E-state index in [1.807, 2.05) is 6.92 Å². The van der Waals surface area contributed by atoms with Crippen LogP contribution >= 0.6 is 23.9 Å². The van der Waals surface area contributed by atoms with Gasteiger partial charge in [-0.25, -0.2) is 0 Å². The van der Waals surface area contributed by atoms with Gasteiger partial charge in [0, 0.05) is 26.7 Å². The maximum atomic E-state index is 11.7. The number of carbonyl (C=O) groups is 1. The normalized spacial score (nSPS) is 9.89. The molecule has 0 aromatic carbocycles. The molecule has 1 aromatic heterocycles. The van der Waals surface area contributed by atoms with Crippen molar-refractivity contribution >= 4 is 29.8 Å². The van der Waals surface area contributed by atoms with Gasteiger partial charge < -0.3 is 15.4 Å². The van der Waals surface area contributed by atoms with Crippen molar-refractivity contribution in [3.63, 3.8) is 0 Å². The summed E-state index contributed by atoms with van der Waals surface area (Å²) < 4.78 is 8.68. The summed E-state index contributed by atoms with van der Waals surface area (Å²) in [6.45, 7) is 4.73. The highest BCUT2D eigenvalue weighted by atomic mass is 35.5. The van der Waals surface area contributed by atoms with Gasteiger partial charge in [0.25, 0.3) is 5.91 Å². The SMILES string of the molecule is CCc1nnsc1C(=O)NCCNCCOC.Cl. The molecule has 0 saturated carbocycles. The molecule has 0 aliphatic rings. The van der Waals surface area contributed by atoms with Crippen LogP contribution in [0.25, 0.3) is 0 Å². The molecule has 1 heterocycles. The minimum absolute atomic E-state index is 0. The molecular formula is C10H19ClN4O2S. The zero-order valence-electron chi connectivity index (χ0n) is 10.6. The van der Waals surface area contributed by atoms with E-state index in [0.717, 1.165) is 36.7 Å². The molecule has 104 valence electrons. The third-order valence-corrected chi connectivity index (χ3v) is 2.93. The van der Waals surface area contributed by atoms with Crippen molar-refractivity contribution in [2.24, 2.45) is 0 Å².